The van der Waals surface area contributed by atoms with Gasteiger partial charge in [-0.05, 0) is 37.2 Å². The van der Waals surface area contributed by atoms with E-state index in [1.165, 1.54) is 5.56 Å². The van der Waals surface area contributed by atoms with Gasteiger partial charge in [-0.3, -0.25) is 9.88 Å². The molecule has 1 atom stereocenters. The molecule has 0 fully saturated rings. The van der Waals surface area contributed by atoms with Crippen molar-refractivity contribution >= 4 is 5.71 Å². The molecule has 0 aliphatic carbocycles. The zero-order chi connectivity index (χ0) is 18.1. The fourth-order valence-corrected chi connectivity index (χ4v) is 3.70. The highest BCUT2D eigenvalue weighted by Crippen LogP contribution is 2.50. The minimum atomic E-state index is -0.0175. The molecule has 1 N–H and O–H groups in total. The van der Waals surface area contributed by atoms with E-state index in [0.717, 1.165) is 24.3 Å². The zero-order valence-electron chi connectivity index (χ0n) is 14.8. The second-order valence-corrected chi connectivity index (χ2v) is 6.43. The molecule has 3 heterocycles. The predicted octanol–water partition coefficient (Wildman–Crippen LogP) is 2.62. The highest BCUT2D eigenvalue weighted by atomic mass is 16.7. The summed E-state index contributed by atoms with van der Waals surface area (Å²) in [6, 6.07) is 7.58. The Labute approximate surface area is 151 Å². The molecule has 2 aromatic rings. The van der Waals surface area contributed by atoms with Crippen LogP contribution in [0.25, 0.3) is 0 Å². The quantitative estimate of drug-likeness (QED) is 0.516. The van der Waals surface area contributed by atoms with E-state index in [9.17, 15) is 5.21 Å². The van der Waals surface area contributed by atoms with E-state index in [1.54, 1.807) is 13.3 Å². The lowest BCUT2D eigenvalue weighted by Crippen LogP contribution is -2.34. The maximum absolute atomic E-state index is 9.58. The Hall–Kier alpha value is -2.80. The van der Waals surface area contributed by atoms with Crippen molar-refractivity contribution in [2.75, 3.05) is 27.5 Å². The summed E-state index contributed by atoms with van der Waals surface area (Å²) >= 11 is 0. The molecule has 0 bridgehead atoms. The Kier molecular flexibility index (Phi) is 4.38. The normalized spacial score (nSPS) is 19.3. The largest absolute Gasteiger partial charge is 0.492 e. The molecular formula is C19H21N3O4. The first-order chi connectivity index (χ1) is 12.7. The molecule has 7 nitrogen and oxygen atoms in total. The van der Waals surface area contributed by atoms with E-state index in [4.69, 9.17) is 14.2 Å². The molecule has 2 aliphatic heterocycles. The molecule has 0 spiro atoms. The monoisotopic (exact) mass is 355 g/mol. The van der Waals surface area contributed by atoms with Crippen molar-refractivity contribution < 1.29 is 19.4 Å². The second kappa shape index (κ2) is 6.84. The van der Waals surface area contributed by atoms with Gasteiger partial charge in [0.25, 0.3) is 0 Å². The highest BCUT2D eigenvalue weighted by molar-refractivity contribution is 5.99. The zero-order valence-corrected chi connectivity index (χ0v) is 14.8. The minimum absolute atomic E-state index is 0.0175. The van der Waals surface area contributed by atoms with Crippen molar-refractivity contribution in [3.05, 3.63) is 47.3 Å². The Morgan fingerprint density at radius 1 is 1.42 bits per heavy atom. The molecule has 136 valence electrons. The number of oxime groups is 1. The van der Waals surface area contributed by atoms with Gasteiger partial charge in [0, 0.05) is 30.8 Å². The summed E-state index contributed by atoms with van der Waals surface area (Å²) in [5.41, 5.74) is 3.43. The molecular weight excluding hydrogens is 334 g/mol. The first-order valence-electron chi connectivity index (χ1n) is 8.55. The summed E-state index contributed by atoms with van der Waals surface area (Å²) in [6.07, 6.45) is 3.09. The van der Waals surface area contributed by atoms with Crippen molar-refractivity contribution in [1.29, 1.82) is 0 Å². The number of nitrogens with zero attached hydrogens (tertiary/aromatic N) is 3. The number of ether oxygens (including phenoxy) is 3. The molecule has 0 radical (unpaired) electrons. The van der Waals surface area contributed by atoms with E-state index in [0.29, 0.717) is 29.3 Å². The molecule has 0 saturated carbocycles. The van der Waals surface area contributed by atoms with Crippen molar-refractivity contribution in [3.63, 3.8) is 0 Å². The van der Waals surface area contributed by atoms with Gasteiger partial charge in [-0.25, -0.2) is 0 Å². The lowest BCUT2D eigenvalue weighted by atomic mass is 9.88. The second-order valence-electron chi connectivity index (χ2n) is 6.43. The summed E-state index contributed by atoms with van der Waals surface area (Å²) < 4.78 is 16.9. The van der Waals surface area contributed by atoms with Crippen LogP contribution in [-0.4, -0.2) is 48.3 Å². The molecule has 7 heteroatoms. The van der Waals surface area contributed by atoms with E-state index in [2.05, 4.69) is 22.1 Å². The summed E-state index contributed by atoms with van der Waals surface area (Å²) in [4.78, 5) is 6.55. The van der Waals surface area contributed by atoms with Crippen molar-refractivity contribution in [1.82, 2.24) is 9.88 Å². The van der Waals surface area contributed by atoms with Gasteiger partial charge in [-0.2, -0.15) is 0 Å². The molecule has 4 rings (SSSR count). The first-order valence-corrected chi connectivity index (χ1v) is 8.55. The molecule has 0 amide bonds. The Bertz CT molecular complexity index is 838. The summed E-state index contributed by atoms with van der Waals surface area (Å²) in [7, 11) is 3.70. The fourth-order valence-electron chi connectivity index (χ4n) is 3.70. The molecule has 0 saturated heterocycles. The Balaban J connectivity index is 1.76. The van der Waals surface area contributed by atoms with Crippen LogP contribution < -0.4 is 14.2 Å². The average Bonchev–Trinajstić information content (AvgIpc) is 3.14. The minimum Gasteiger partial charge on any atom is -0.492 e. The number of fused-ring (bicyclic) bond motifs is 2. The van der Waals surface area contributed by atoms with Crippen LogP contribution in [0.1, 0.15) is 29.3 Å². The fraction of sp³-hybridized carbons (Fsp3) is 0.368. The van der Waals surface area contributed by atoms with Gasteiger partial charge in [-0.15, -0.1) is 0 Å². The van der Waals surface area contributed by atoms with Crippen LogP contribution in [0.2, 0.25) is 0 Å². The van der Waals surface area contributed by atoms with Gasteiger partial charge in [0.2, 0.25) is 12.5 Å². The van der Waals surface area contributed by atoms with Crippen LogP contribution in [0.3, 0.4) is 0 Å². The number of hydrogen-bond acceptors (Lipinski definition) is 7. The number of hydrogen-bond donors (Lipinski definition) is 1. The molecule has 1 aromatic heterocycles. The van der Waals surface area contributed by atoms with E-state index in [1.807, 2.05) is 24.3 Å². The van der Waals surface area contributed by atoms with Crippen molar-refractivity contribution in [2.45, 2.75) is 18.9 Å². The summed E-state index contributed by atoms with van der Waals surface area (Å²) in [5.74, 6) is 2.07. The average molecular weight is 355 g/mol. The van der Waals surface area contributed by atoms with Gasteiger partial charge in [0.1, 0.15) is 5.71 Å². The maximum atomic E-state index is 9.58. The number of rotatable bonds is 4. The third-order valence-corrected chi connectivity index (χ3v) is 5.01. The summed E-state index contributed by atoms with van der Waals surface area (Å²) in [6.45, 7) is 1.09. The Morgan fingerprint density at radius 3 is 3.04 bits per heavy atom. The Morgan fingerprint density at radius 2 is 2.31 bits per heavy atom. The van der Waals surface area contributed by atoms with E-state index < -0.39 is 0 Å². The van der Waals surface area contributed by atoms with Crippen LogP contribution in [0, 0.1) is 0 Å². The molecule has 1 aromatic carbocycles. The predicted molar refractivity (Wildman–Crippen MR) is 95.4 cm³/mol. The van der Waals surface area contributed by atoms with Gasteiger partial charge >= 0.3 is 0 Å². The first kappa shape index (κ1) is 16.7. The number of aromatic nitrogens is 1. The smallest absolute Gasteiger partial charge is 0.231 e. The van der Waals surface area contributed by atoms with Gasteiger partial charge in [0.15, 0.2) is 11.5 Å². The standard InChI is InChI=1S/C19H21N3O4/c1-22-8-6-12-9-16-18(26-11-25-16)19(24-2)17(12)15(22)10-14(21-23)13-5-3-4-7-20-13/h3-5,7,9,15,23H,6,8,10-11H2,1-2H3/b21-14-/t15-/m0/s1. The van der Waals surface area contributed by atoms with Gasteiger partial charge in [-0.1, -0.05) is 11.2 Å². The third kappa shape index (κ3) is 2.74. The number of methoxy groups -OCH3 is 1. The molecule has 26 heavy (non-hydrogen) atoms. The van der Waals surface area contributed by atoms with Gasteiger partial charge in [0.05, 0.1) is 12.8 Å². The number of pyridine rings is 1. The van der Waals surface area contributed by atoms with Crippen LogP contribution in [0.15, 0.2) is 35.6 Å². The van der Waals surface area contributed by atoms with Crippen LogP contribution in [0.5, 0.6) is 17.2 Å². The number of likely N-dealkylation sites (N-methyl/N-ethyl adjacent to an activating group) is 1. The van der Waals surface area contributed by atoms with E-state index >= 15 is 0 Å². The van der Waals surface area contributed by atoms with Crippen LogP contribution in [-0.2, 0) is 6.42 Å². The SMILES string of the molecule is COc1c2c(cc3c1[C@H](C/C(=N/O)c1ccccn1)N(C)CC3)OCO2. The third-order valence-electron chi connectivity index (χ3n) is 5.01. The van der Waals surface area contributed by atoms with Gasteiger partial charge < -0.3 is 19.4 Å². The lowest BCUT2D eigenvalue weighted by Gasteiger charge is -2.35. The molecule has 2 aliphatic rings. The van der Waals surface area contributed by atoms with E-state index in [-0.39, 0.29) is 12.8 Å². The topological polar surface area (TPSA) is 76.4 Å². The highest BCUT2D eigenvalue weighted by Gasteiger charge is 2.34. The number of benzene rings is 1. The van der Waals surface area contributed by atoms with Crippen molar-refractivity contribution in [3.8, 4) is 17.2 Å². The van der Waals surface area contributed by atoms with Crippen LogP contribution >= 0.6 is 0 Å². The maximum Gasteiger partial charge on any atom is 0.231 e. The lowest BCUT2D eigenvalue weighted by molar-refractivity contribution is 0.170. The summed E-state index contributed by atoms with van der Waals surface area (Å²) in [5, 5.41) is 13.1. The molecule has 0 unspecified atom stereocenters. The van der Waals surface area contributed by atoms with Crippen LogP contribution in [0.4, 0.5) is 0 Å². The van der Waals surface area contributed by atoms with Crippen molar-refractivity contribution in [2.24, 2.45) is 5.16 Å².